The molecule has 1 unspecified atom stereocenters. The summed E-state index contributed by atoms with van der Waals surface area (Å²) in [5.41, 5.74) is 1.91. The van der Waals surface area contributed by atoms with Crippen LogP contribution in [0, 0.1) is 0 Å². The SMILES string of the molecule is CCCNC(=O)C(Cc1ccccc1)N(Cc1ccc(Cl)cc1)C(=O)CSc1ccc(Cl)cc1. The number of hydrogen-bond acceptors (Lipinski definition) is 3. The van der Waals surface area contributed by atoms with Crippen LogP contribution in [0.3, 0.4) is 0 Å². The predicted molar refractivity (Wildman–Crippen MR) is 141 cm³/mol. The van der Waals surface area contributed by atoms with Gasteiger partial charge < -0.3 is 10.2 Å². The monoisotopic (exact) mass is 514 g/mol. The molecule has 3 rings (SSSR count). The molecule has 178 valence electrons. The Morgan fingerprint density at radius 1 is 0.882 bits per heavy atom. The Balaban J connectivity index is 1.87. The zero-order valence-electron chi connectivity index (χ0n) is 19.0. The molecule has 0 aliphatic rings. The van der Waals surface area contributed by atoms with E-state index in [2.05, 4.69) is 5.32 Å². The molecule has 4 nitrogen and oxygen atoms in total. The Morgan fingerprint density at radius 2 is 1.50 bits per heavy atom. The molecular weight excluding hydrogens is 487 g/mol. The van der Waals surface area contributed by atoms with E-state index in [-0.39, 0.29) is 17.6 Å². The first-order valence-corrected chi connectivity index (χ1v) is 12.9. The van der Waals surface area contributed by atoms with Crippen LogP contribution in [0.5, 0.6) is 0 Å². The molecular formula is C27H28Cl2N2O2S. The van der Waals surface area contributed by atoms with Crippen LogP contribution < -0.4 is 5.32 Å². The highest BCUT2D eigenvalue weighted by molar-refractivity contribution is 8.00. The van der Waals surface area contributed by atoms with Crippen molar-refractivity contribution in [2.45, 2.75) is 37.2 Å². The van der Waals surface area contributed by atoms with Gasteiger partial charge in [-0.15, -0.1) is 11.8 Å². The second-order valence-electron chi connectivity index (χ2n) is 7.89. The maximum absolute atomic E-state index is 13.5. The third kappa shape index (κ3) is 8.08. The van der Waals surface area contributed by atoms with Crippen molar-refractivity contribution in [1.82, 2.24) is 10.2 Å². The normalized spacial score (nSPS) is 11.6. The van der Waals surface area contributed by atoms with Gasteiger partial charge in [0.1, 0.15) is 6.04 Å². The van der Waals surface area contributed by atoms with Gasteiger partial charge in [0.2, 0.25) is 11.8 Å². The molecule has 0 aliphatic heterocycles. The summed E-state index contributed by atoms with van der Waals surface area (Å²) in [5.74, 6) is -0.0475. The molecule has 1 N–H and O–H groups in total. The number of hydrogen-bond donors (Lipinski definition) is 1. The fourth-order valence-corrected chi connectivity index (χ4v) is 4.50. The minimum absolute atomic E-state index is 0.109. The summed E-state index contributed by atoms with van der Waals surface area (Å²) in [6.07, 6.45) is 1.25. The van der Waals surface area contributed by atoms with Crippen molar-refractivity contribution < 1.29 is 9.59 Å². The molecule has 1 atom stereocenters. The van der Waals surface area contributed by atoms with Crippen LogP contribution in [0.25, 0.3) is 0 Å². The van der Waals surface area contributed by atoms with Gasteiger partial charge in [-0.1, -0.05) is 72.6 Å². The first kappa shape index (κ1) is 26.1. The largest absolute Gasteiger partial charge is 0.354 e. The van der Waals surface area contributed by atoms with Gasteiger partial charge in [-0.3, -0.25) is 9.59 Å². The van der Waals surface area contributed by atoms with Gasteiger partial charge in [0.15, 0.2) is 0 Å². The van der Waals surface area contributed by atoms with Crippen molar-refractivity contribution in [1.29, 1.82) is 0 Å². The Labute approximate surface area is 215 Å². The fraction of sp³-hybridized carbons (Fsp3) is 0.259. The molecule has 0 saturated heterocycles. The molecule has 34 heavy (non-hydrogen) atoms. The second-order valence-corrected chi connectivity index (χ2v) is 9.81. The fourth-order valence-electron chi connectivity index (χ4n) is 3.47. The van der Waals surface area contributed by atoms with Crippen LogP contribution in [0.4, 0.5) is 0 Å². The lowest BCUT2D eigenvalue weighted by molar-refractivity contribution is -0.139. The van der Waals surface area contributed by atoms with Gasteiger partial charge >= 0.3 is 0 Å². The number of nitrogens with zero attached hydrogens (tertiary/aromatic N) is 1. The summed E-state index contributed by atoms with van der Waals surface area (Å²) < 4.78 is 0. The highest BCUT2D eigenvalue weighted by Gasteiger charge is 2.30. The van der Waals surface area contributed by atoms with E-state index in [0.29, 0.717) is 29.6 Å². The van der Waals surface area contributed by atoms with Gasteiger partial charge in [0, 0.05) is 34.5 Å². The predicted octanol–water partition coefficient (Wildman–Crippen LogP) is 6.25. The van der Waals surface area contributed by atoms with Crippen LogP contribution in [0.1, 0.15) is 24.5 Å². The lowest BCUT2D eigenvalue weighted by atomic mass is 10.0. The van der Waals surface area contributed by atoms with Crippen molar-refractivity contribution in [3.63, 3.8) is 0 Å². The lowest BCUT2D eigenvalue weighted by Crippen LogP contribution is -2.51. The van der Waals surface area contributed by atoms with Crippen LogP contribution in [-0.2, 0) is 22.6 Å². The maximum Gasteiger partial charge on any atom is 0.243 e. The smallest absolute Gasteiger partial charge is 0.243 e. The van der Waals surface area contributed by atoms with Crippen molar-refractivity contribution >= 4 is 46.8 Å². The molecule has 0 radical (unpaired) electrons. The molecule has 7 heteroatoms. The molecule has 2 amide bonds. The Bertz CT molecular complexity index is 1060. The molecule has 0 bridgehead atoms. The minimum Gasteiger partial charge on any atom is -0.354 e. The zero-order valence-corrected chi connectivity index (χ0v) is 21.4. The molecule has 0 fully saturated rings. The molecule has 0 saturated carbocycles. The number of benzene rings is 3. The lowest BCUT2D eigenvalue weighted by Gasteiger charge is -2.31. The quantitative estimate of drug-likeness (QED) is 0.307. The molecule has 0 aromatic heterocycles. The van der Waals surface area contributed by atoms with E-state index in [1.165, 1.54) is 11.8 Å². The Morgan fingerprint density at radius 3 is 2.12 bits per heavy atom. The number of carbonyl (C=O) groups is 2. The van der Waals surface area contributed by atoms with Crippen LogP contribution >= 0.6 is 35.0 Å². The number of rotatable bonds is 11. The summed E-state index contributed by atoms with van der Waals surface area (Å²) >= 11 is 13.5. The van der Waals surface area contributed by atoms with Gasteiger partial charge in [0.05, 0.1) is 5.75 Å². The van der Waals surface area contributed by atoms with Gasteiger partial charge in [-0.2, -0.15) is 0 Å². The second kappa shape index (κ2) is 13.4. The molecule has 0 aliphatic carbocycles. The summed E-state index contributed by atoms with van der Waals surface area (Å²) in [5, 5.41) is 4.26. The minimum atomic E-state index is -0.636. The average Bonchev–Trinajstić information content (AvgIpc) is 2.86. The first-order chi connectivity index (χ1) is 16.5. The maximum atomic E-state index is 13.5. The number of amides is 2. The van der Waals surface area contributed by atoms with Crippen molar-refractivity contribution in [2.75, 3.05) is 12.3 Å². The molecule has 3 aromatic carbocycles. The van der Waals surface area contributed by atoms with Crippen molar-refractivity contribution in [3.8, 4) is 0 Å². The standard InChI is InChI=1S/C27H28Cl2N2O2S/c1-2-16-30-27(33)25(17-20-6-4-3-5-7-20)31(18-21-8-10-22(28)11-9-21)26(32)19-34-24-14-12-23(29)13-15-24/h3-15,25H,2,16-19H2,1H3,(H,30,33). The summed E-state index contributed by atoms with van der Waals surface area (Å²) in [4.78, 5) is 29.4. The topological polar surface area (TPSA) is 49.4 Å². The molecule has 0 heterocycles. The Kier molecular flexibility index (Phi) is 10.3. The van der Waals surface area contributed by atoms with Crippen LogP contribution in [0.15, 0.2) is 83.8 Å². The van der Waals surface area contributed by atoms with E-state index >= 15 is 0 Å². The summed E-state index contributed by atoms with van der Waals surface area (Å²) in [6.45, 7) is 2.88. The van der Waals surface area contributed by atoms with Crippen molar-refractivity contribution in [3.05, 3.63) is 100 Å². The third-order valence-electron chi connectivity index (χ3n) is 5.26. The van der Waals surface area contributed by atoms with E-state index in [9.17, 15) is 9.59 Å². The number of halogens is 2. The summed E-state index contributed by atoms with van der Waals surface area (Å²) in [7, 11) is 0. The number of carbonyl (C=O) groups excluding carboxylic acids is 2. The molecule has 3 aromatic rings. The van der Waals surface area contributed by atoms with E-state index in [0.717, 1.165) is 22.4 Å². The van der Waals surface area contributed by atoms with Gasteiger partial charge in [-0.25, -0.2) is 0 Å². The highest BCUT2D eigenvalue weighted by atomic mass is 35.5. The Hall–Kier alpha value is -2.47. The van der Waals surface area contributed by atoms with E-state index in [1.54, 1.807) is 29.2 Å². The van der Waals surface area contributed by atoms with Crippen LogP contribution in [-0.4, -0.2) is 35.1 Å². The van der Waals surface area contributed by atoms with Gasteiger partial charge in [0.25, 0.3) is 0 Å². The van der Waals surface area contributed by atoms with E-state index in [4.69, 9.17) is 23.2 Å². The zero-order chi connectivity index (χ0) is 24.3. The highest BCUT2D eigenvalue weighted by Crippen LogP contribution is 2.23. The van der Waals surface area contributed by atoms with E-state index in [1.807, 2.05) is 61.5 Å². The van der Waals surface area contributed by atoms with E-state index < -0.39 is 6.04 Å². The summed E-state index contributed by atoms with van der Waals surface area (Å²) in [6, 6.07) is 23.9. The van der Waals surface area contributed by atoms with Crippen molar-refractivity contribution in [2.24, 2.45) is 0 Å². The average molecular weight is 516 g/mol. The number of nitrogens with one attached hydrogen (secondary N) is 1. The first-order valence-electron chi connectivity index (χ1n) is 11.2. The van der Waals surface area contributed by atoms with Gasteiger partial charge in [-0.05, 0) is 53.9 Å². The van der Waals surface area contributed by atoms with Crippen LogP contribution in [0.2, 0.25) is 10.0 Å². The molecule has 0 spiro atoms. The third-order valence-corrected chi connectivity index (χ3v) is 6.76. The number of thioether (sulfide) groups is 1.